The molecular weight excluding hydrogens is 310 g/mol. The lowest BCUT2D eigenvalue weighted by atomic mass is 9.91. The molecule has 2 aliphatic rings. The molecule has 2 aromatic rings. The largest absolute Gasteiger partial charge is 0.480 e. The van der Waals surface area contributed by atoms with Crippen LogP contribution in [0.4, 0.5) is 0 Å². The van der Waals surface area contributed by atoms with Crippen LogP contribution in [-0.4, -0.2) is 34.5 Å². The summed E-state index contributed by atoms with van der Waals surface area (Å²) in [5, 5.41) is 9.28. The van der Waals surface area contributed by atoms with Crippen molar-refractivity contribution in [2.24, 2.45) is 0 Å². The first-order valence-electron chi connectivity index (χ1n) is 7.90. The minimum absolute atomic E-state index is 0.133. The number of carbonyl (C=O) groups excluding carboxylic acids is 1. The van der Waals surface area contributed by atoms with Crippen molar-refractivity contribution in [2.75, 3.05) is 6.54 Å². The zero-order chi connectivity index (χ0) is 16.0. The van der Waals surface area contributed by atoms with E-state index in [9.17, 15) is 14.7 Å². The van der Waals surface area contributed by atoms with Gasteiger partial charge in [0.25, 0.3) is 5.91 Å². The third-order valence-electron chi connectivity index (χ3n) is 4.74. The molecule has 0 unspecified atom stereocenters. The van der Waals surface area contributed by atoms with Crippen LogP contribution in [0.2, 0.25) is 0 Å². The zero-order valence-corrected chi connectivity index (χ0v) is 13.4. The molecule has 23 heavy (non-hydrogen) atoms. The number of aryl methyl sites for hydroxylation is 2. The smallest absolute Gasteiger partial charge is 0.326 e. The molecule has 0 spiro atoms. The summed E-state index contributed by atoms with van der Waals surface area (Å²) in [7, 11) is 0. The molecule has 1 atom stereocenters. The van der Waals surface area contributed by atoms with Crippen molar-refractivity contribution in [3.63, 3.8) is 0 Å². The van der Waals surface area contributed by atoms with Gasteiger partial charge in [0.05, 0.1) is 4.88 Å². The molecular formula is C18H17NO3S. The number of hydrogen-bond donors (Lipinski definition) is 1. The van der Waals surface area contributed by atoms with Crippen LogP contribution in [0.5, 0.6) is 0 Å². The van der Waals surface area contributed by atoms with Gasteiger partial charge in [-0.3, -0.25) is 4.79 Å². The number of benzene rings is 1. The lowest BCUT2D eigenvalue weighted by molar-refractivity contribution is -0.141. The SMILES string of the molecule is O=C(O)[C@H]1CCCN1C(=O)c1cc2c(s1)-c1ccccc1CC2. The fraction of sp³-hybridized carbons (Fsp3) is 0.333. The molecule has 0 radical (unpaired) electrons. The quantitative estimate of drug-likeness (QED) is 0.921. The van der Waals surface area contributed by atoms with Crippen LogP contribution in [0.3, 0.4) is 0 Å². The normalized spacial score (nSPS) is 19.3. The molecule has 4 rings (SSSR count). The van der Waals surface area contributed by atoms with Crippen molar-refractivity contribution in [1.29, 1.82) is 0 Å². The number of carboxylic acid groups (broad SMARTS) is 1. The Kier molecular flexibility index (Phi) is 3.45. The minimum Gasteiger partial charge on any atom is -0.480 e. The molecule has 118 valence electrons. The van der Waals surface area contributed by atoms with E-state index in [4.69, 9.17) is 0 Å². The van der Waals surface area contributed by atoms with Crippen LogP contribution < -0.4 is 0 Å². The summed E-state index contributed by atoms with van der Waals surface area (Å²) in [5.41, 5.74) is 3.75. The van der Waals surface area contributed by atoms with Crippen LogP contribution in [0.25, 0.3) is 10.4 Å². The Hall–Kier alpha value is -2.14. The number of carboxylic acids is 1. The summed E-state index contributed by atoms with van der Waals surface area (Å²) in [6.45, 7) is 0.537. The molecule has 1 saturated heterocycles. The average Bonchev–Trinajstić information content (AvgIpc) is 3.21. The predicted molar refractivity (Wildman–Crippen MR) is 88.9 cm³/mol. The number of rotatable bonds is 2. The number of carbonyl (C=O) groups is 2. The second-order valence-electron chi connectivity index (χ2n) is 6.12. The Morgan fingerprint density at radius 2 is 1.96 bits per heavy atom. The van der Waals surface area contributed by atoms with Crippen molar-refractivity contribution >= 4 is 23.2 Å². The van der Waals surface area contributed by atoms with Crippen LogP contribution in [-0.2, 0) is 17.6 Å². The van der Waals surface area contributed by atoms with Gasteiger partial charge in [-0.05, 0) is 48.4 Å². The highest BCUT2D eigenvalue weighted by Gasteiger charge is 2.35. The summed E-state index contributed by atoms with van der Waals surface area (Å²) in [6.07, 6.45) is 3.25. The molecule has 1 aromatic heterocycles. The topological polar surface area (TPSA) is 57.6 Å². The number of aliphatic carboxylic acids is 1. The summed E-state index contributed by atoms with van der Waals surface area (Å²) in [4.78, 5) is 27.4. The number of likely N-dealkylation sites (tertiary alicyclic amines) is 1. The van der Waals surface area contributed by atoms with Gasteiger partial charge in [0.2, 0.25) is 0 Å². The van der Waals surface area contributed by atoms with Gasteiger partial charge in [-0.1, -0.05) is 24.3 Å². The molecule has 1 aliphatic carbocycles. The van der Waals surface area contributed by atoms with Crippen LogP contribution in [0, 0.1) is 0 Å². The standard InChI is InChI=1S/C18H17NO3S/c20-17(19-9-3-6-14(19)18(21)22)15-10-12-8-7-11-4-1-2-5-13(11)16(12)23-15/h1-2,4-5,10,14H,3,6-9H2,(H,21,22)/t14-/m1/s1. The van der Waals surface area contributed by atoms with Crippen LogP contribution >= 0.6 is 11.3 Å². The third kappa shape index (κ3) is 2.36. The van der Waals surface area contributed by atoms with E-state index < -0.39 is 12.0 Å². The number of thiophene rings is 1. The summed E-state index contributed by atoms with van der Waals surface area (Å²) in [6, 6.07) is 9.61. The van der Waals surface area contributed by atoms with Gasteiger partial charge >= 0.3 is 5.97 Å². The van der Waals surface area contributed by atoms with E-state index in [0.29, 0.717) is 17.8 Å². The third-order valence-corrected chi connectivity index (χ3v) is 5.94. The van der Waals surface area contributed by atoms with E-state index in [1.165, 1.54) is 37.8 Å². The van der Waals surface area contributed by atoms with E-state index in [1.54, 1.807) is 0 Å². The van der Waals surface area contributed by atoms with Gasteiger partial charge < -0.3 is 10.0 Å². The van der Waals surface area contributed by atoms with Gasteiger partial charge in [0.1, 0.15) is 6.04 Å². The van der Waals surface area contributed by atoms with Crippen molar-refractivity contribution in [1.82, 2.24) is 4.90 Å². The highest BCUT2D eigenvalue weighted by atomic mass is 32.1. The summed E-state index contributed by atoms with van der Waals surface area (Å²) >= 11 is 1.50. The Balaban J connectivity index is 1.69. The minimum atomic E-state index is -0.900. The lowest BCUT2D eigenvalue weighted by Crippen LogP contribution is -2.40. The maximum absolute atomic E-state index is 12.8. The fourth-order valence-electron chi connectivity index (χ4n) is 3.59. The highest BCUT2D eigenvalue weighted by molar-refractivity contribution is 7.17. The van der Waals surface area contributed by atoms with Crippen LogP contribution in [0.15, 0.2) is 30.3 Å². The molecule has 0 bridgehead atoms. The molecule has 0 saturated carbocycles. The first-order valence-corrected chi connectivity index (χ1v) is 8.71. The molecule has 2 heterocycles. The van der Waals surface area contributed by atoms with Gasteiger partial charge in [0, 0.05) is 11.4 Å². The van der Waals surface area contributed by atoms with E-state index in [0.717, 1.165) is 19.3 Å². The zero-order valence-electron chi connectivity index (χ0n) is 12.6. The molecule has 1 aromatic carbocycles. The second-order valence-corrected chi connectivity index (χ2v) is 7.17. The lowest BCUT2D eigenvalue weighted by Gasteiger charge is -2.20. The van der Waals surface area contributed by atoms with Crippen molar-refractivity contribution in [3.8, 4) is 10.4 Å². The van der Waals surface area contributed by atoms with E-state index >= 15 is 0 Å². The van der Waals surface area contributed by atoms with Crippen molar-refractivity contribution < 1.29 is 14.7 Å². The van der Waals surface area contributed by atoms with Crippen molar-refractivity contribution in [3.05, 3.63) is 46.3 Å². The Morgan fingerprint density at radius 3 is 2.78 bits per heavy atom. The highest BCUT2D eigenvalue weighted by Crippen LogP contribution is 2.40. The fourth-order valence-corrected chi connectivity index (χ4v) is 4.81. The Bertz CT molecular complexity index is 795. The molecule has 4 nitrogen and oxygen atoms in total. The monoisotopic (exact) mass is 327 g/mol. The first kappa shape index (κ1) is 14.5. The summed E-state index contributed by atoms with van der Waals surface area (Å²) in [5.74, 6) is -1.03. The Morgan fingerprint density at radius 1 is 1.17 bits per heavy atom. The number of hydrogen-bond acceptors (Lipinski definition) is 3. The number of amides is 1. The van der Waals surface area contributed by atoms with Gasteiger partial charge in [-0.25, -0.2) is 4.79 Å². The van der Waals surface area contributed by atoms with E-state index in [1.807, 2.05) is 18.2 Å². The average molecular weight is 327 g/mol. The Labute approximate surface area is 138 Å². The maximum Gasteiger partial charge on any atom is 0.326 e. The second kappa shape index (κ2) is 5.49. The van der Waals surface area contributed by atoms with Gasteiger partial charge in [-0.2, -0.15) is 0 Å². The summed E-state index contributed by atoms with van der Waals surface area (Å²) < 4.78 is 0. The molecule has 5 heteroatoms. The van der Waals surface area contributed by atoms with Gasteiger partial charge in [-0.15, -0.1) is 11.3 Å². The maximum atomic E-state index is 12.8. The van der Waals surface area contributed by atoms with E-state index in [-0.39, 0.29) is 5.91 Å². The molecule has 1 fully saturated rings. The van der Waals surface area contributed by atoms with Crippen LogP contribution in [0.1, 0.15) is 33.6 Å². The van der Waals surface area contributed by atoms with Crippen molar-refractivity contribution in [2.45, 2.75) is 31.7 Å². The van der Waals surface area contributed by atoms with Gasteiger partial charge in [0.15, 0.2) is 0 Å². The first-order chi connectivity index (χ1) is 11.1. The number of nitrogens with zero attached hydrogens (tertiary/aromatic N) is 1. The molecule has 1 amide bonds. The van der Waals surface area contributed by atoms with E-state index in [2.05, 4.69) is 12.1 Å². The predicted octanol–water partition coefficient (Wildman–Crippen LogP) is 3.20. The molecule has 1 N–H and O–H groups in total. The molecule has 1 aliphatic heterocycles. The number of fused-ring (bicyclic) bond motifs is 3.